The third-order valence-electron chi connectivity index (χ3n) is 2.98. The maximum Gasteiger partial charge on any atom is 0.321 e. The third-order valence-corrected chi connectivity index (χ3v) is 2.98. The molecule has 0 bridgehead atoms. The molecule has 2 rings (SSSR count). The van der Waals surface area contributed by atoms with Crippen LogP contribution in [0.4, 0.5) is 4.79 Å². The number of allylic oxidation sites excluding steroid dienone is 1. The summed E-state index contributed by atoms with van der Waals surface area (Å²) in [6, 6.07) is 8.30. The lowest BCUT2D eigenvalue weighted by molar-refractivity contribution is 0.196. The zero-order valence-electron chi connectivity index (χ0n) is 10.1. The number of carbonyl (C=O) groups is 1. The van der Waals surface area contributed by atoms with Gasteiger partial charge in [-0.1, -0.05) is 37.3 Å². The second-order valence-corrected chi connectivity index (χ2v) is 4.20. The van der Waals surface area contributed by atoms with Gasteiger partial charge in [0, 0.05) is 19.3 Å². The molecule has 2 amide bonds. The van der Waals surface area contributed by atoms with Crippen LogP contribution >= 0.6 is 0 Å². The molecule has 0 radical (unpaired) electrons. The smallest absolute Gasteiger partial charge is 0.320 e. The molecule has 1 aliphatic rings. The van der Waals surface area contributed by atoms with E-state index in [2.05, 4.69) is 23.5 Å². The van der Waals surface area contributed by atoms with Gasteiger partial charge in [0.05, 0.1) is 0 Å². The van der Waals surface area contributed by atoms with E-state index in [1.54, 1.807) is 6.20 Å². The van der Waals surface area contributed by atoms with Gasteiger partial charge in [0.25, 0.3) is 0 Å². The summed E-state index contributed by atoms with van der Waals surface area (Å²) in [5, 5.41) is 2.79. The van der Waals surface area contributed by atoms with Crippen LogP contribution in [0.3, 0.4) is 0 Å². The Balaban J connectivity index is 1.98. The summed E-state index contributed by atoms with van der Waals surface area (Å²) < 4.78 is 0. The van der Waals surface area contributed by atoms with E-state index in [9.17, 15) is 4.79 Å². The fraction of sp³-hybridized carbons (Fsp3) is 0.357. The maximum absolute atomic E-state index is 11.8. The van der Waals surface area contributed by atoms with Crippen LogP contribution in [-0.4, -0.2) is 17.5 Å². The number of urea groups is 1. The molecule has 0 saturated heterocycles. The lowest BCUT2D eigenvalue weighted by atomic mass is 10.0. The van der Waals surface area contributed by atoms with Crippen molar-refractivity contribution in [2.45, 2.75) is 26.3 Å². The van der Waals surface area contributed by atoms with Gasteiger partial charge in [-0.15, -0.1) is 0 Å². The molecule has 0 aromatic heterocycles. The minimum absolute atomic E-state index is 0.01000. The number of hydrogen-bond acceptors (Lipinski definition) is 1. The van der Waals surface area contributed by atoms with Crippen molar-refractivity contribution >= 4 is 6.03 Å². The Labute approximate surface area is 102 Å². The van der Waals surface area contributed by atoms with Crippen molar-refractivity contribution in [3.63, 3.8) is 0 Å². The van der Waals surface area contributed by atoms with Gasteiger partial charge < -0.3 is 10.2 Å². The second-order valence-electron chi connectivity index (χ2n) is 4.20. The molecule has 0 saturated carbocycles. The quantitative estimate of drug-likeness (QED) is 0.832. The monoisotopic (exact) mass is 230 g/mol. The Morgan fingerprint density at radius 1 is 1.41 bits per heavy atom. The average Bonchev–Trinajstić information content (AvgIpc) is 2.38. The van der Waals surface area contributed by atoms with Gasteiger partial charge >= 0.3 is 6.03 Å². The van der Waals surface area contributed by atoms with Crippen molar-refractivity contribution in [3.05, 3.63) is 47.7 Å². The minimum Gasteiger partial charge on any atom is -0.320 e. The van der Waals surface area contributed by atoms with Crippen LogP contribution in [-0.2, 0) is 13.0 Å². The molecule has 0 spiro atoms. The number of nitrogens with zero attached hydrogens (tertiary/aromatic N) is 1. The van der Waals surface area contributed by atoms with Gasteiger partial charge in [0.1, 0.15) is 0 Å². The van der Waals surface area contributed by atoms with Gasteiger partial charge in [-0.3, -0.25) is 0 Å². The van der Waals surface area contributed by atoms with Crippen molar-refractivity contribution in [1.82, 2.24) is 10.2 Å². The van der Waals surface area contributed by atoms with E-state index in [0.29, 0.717) is 6.54 Å². The minimum atomic E-state index is -0.01000. The van der Waals surface area contributed by atoms with Gasteiger partial charge in [0.2, 0.25) is 0 Å². The number of hydrogen-bond donors (Lipinski definition) is 1. The predicted molar refractivity (Wildman–Crippen MR) is 68.5 cm³/mol. The Hall–Kier alpha value is -1.77. The molecule has 0 fully saturated rings. The summed E-state index contributed by atoms with van der Waals surface area (Å²) >= 11 is 0. The first-order valence-corrected chi connectivity index (χ1v) is 6.08. The van der Waals surface area contributed by atoms with Crippen LogP contribution in [0.1, 0.15) is 24.5 Å². The summed E-state index contributed by atoms with van der Waals surface area (Å²) in [7, 11) is 0. The molecular weight excluding hydrogens is 212 g/mol. The summed E-state index contributed by atoms with van der Waals surface area (Å²) in [5.74, 6) is 0. The number of fused-ring (bicyclic) bond motifs is 1. The van der Waals surface area contributed by atoms with Crippen LogP contribution in [0.25, 0.3) is 0 Å². The number of amides is 2. The lowest BCUT2D eigenvalue weighted by Gasteiger charge is -2.28. The van der Waals surface area contributed by atoms with Crippen molar-refractivity contribution in [2.75, 3.05) is 6.54 Å². The Morgan fingerprint density at radius 2 is 2.18 bits per heavy atom. The number of nitrogens with one attached hydrogen (secondary N) is 1. The predicted octanol–water partition coefficient (Wildman–Crippen LogP) is 2.68. The van der Waals surface area contributed by atoms with Crippen LogP contribution in [0, 0.1) is 0 Å². The molecule has 17 heavy (non-hydrogen) atoms. The summed E-state index contributed by atoms with van der Waals surface area (Å²) in [5.41, 5.74) is 2.62. The summed E-state index contributed by atoms with van der Waals surface area (Å²) in [6.45, 7) is 3.55. The maximum atomic E-state index is 11.8. The standard InChI is InChI=1S/C14H18N2O/c1-2-3-9-15-14(17)16-10-8-12-6-4-5-7-13(12)11-16/h3-7,9H,2,8,10-11H2,1H3,(H,15,17)/b9-3+. The molecule has 0 atom stereocenters. The lowest BCUT2D eigenvalue weighted by Crippen LogP contribution is -2.40. The van der Waals surface area contributed by atoms with E-state index in [0.717, 1.165) is 19.4 Å². The van der Waals surface area contributed by atoms with Crippen LogP contribution in [0.5, 0.6) is 0 Å². The molecule has 0 unspecified atom stereocenters. The SMILES string of the molecule is CC/C=C/NC(=O)N1CCc2ccccc2C1. The molecular formula is C14H18N2O. The molecule has 3 heteroatoms. The third kappa shape index (κ3) is 2.87. The molecule has 3 nitrogen and oxygen atoms in total. The topological polar surface area (TPSA) is 32.3 Å². The van der Waals surface area contributed by atoms with E-state index < -0.39 is 0 Å². The Morgan fingerprint density at radius 3 is 2.94 bits per heavy atom. The largest absolute Gasteiger partial charge is 0.321 e. The first-order chi connectivity index (χ1) is 8.31. The zero-order valence-corrected chi connectivity index (χ0v) is 10.1. The molecule has 0 aliphatic carbocycles. The number of carbonyl (C=O) groups excluding carboxylic acids is 1. The van der Waals surface area contributed by atoms with Crippen molar-refractivity contribution in [2.24, 2.45) is 0 Å². The summed E-state index contributed by atoms with van der Waals surface area (Å²) in [6.07, 6.45) is 5.54. The van der Waals surface area contributed by atoms with Crippen LogP contribution in [0.15, 0.2) is 36.5 Å². The van der Waals surface area contributed by atoms with Crippen LogP contribution < -0.4 is 5.32 Å². The van der Waals surface area contributed by atoms with Crippen LogP contribution in [0.2, 0.25) is 0 Å². The fourth-order valence-electron chi connectivity index (χ4n) is 2.01. The number of rotatable bonds is 2. The van der Waals surface area contributed by atoms with Gasteiger partial charge in [0.15, 0.2) is 0 Å². The van der Waals surface area contributed by atoms with E-state index in [1.807, 2.05) is 24.0 Å². The molecule has 90 valence electrons. The Bertz CT molecular complexity index is 426. The molecule has 1 N–H and O–H groups in total. The molecule has 1 heterocycles. The summed E-state index contributed by atoms with van der Waals surface area (Å²) in [4.78, 5) is 13.7. The van der Waals surface area contributed by atoms with E-state index >= 15 is 0 Å². The second kappa shape index (κ2) is 5.53. The molecule has 1 aromatic carbocycles. The fourth-order valence-corrected chi connectivity index (χ4v) is 2.01. The highest BCUT2D eigenvalue weighted by atomic mass is 16.2. The van der Waals surface area contributed by atoms with Gasteiger partial charge in [-0.25, -0.2) is 4.79 Å². The van der Waals surface area contributed by atoms with Crippen molar-refractivity contribution < 1.29 is 4.79 Å². The highest BCUT2D eigenvalue weighted by Gasteiger charge is 2.19. The van der Waals surface area contributed by atoms with E-state index in [4.69, 9.17) is 0 Å². The first kappa shape index (κ1) is 11.7. The van der Waals surface area contributed by atoms with Gasteiger partial charge in [-0.2, -0.15) is 0 Å². The Kier molecular flexibility index (Phi) is 3.81. The highest BCUT2D eigenvalue weighted by Crippen LogP contribution is 2.18. The van der Waals surface area contributed by atoms with Gasteiger partial charge in [-0.05, 0) is 24.0 Å². The average molecular weight is 230 g/mol. The zero-order chi connectivity index (χ0) is 12.1. The first-order valence-electron chi connectivity index (χ1n) is 6.08. The van der Waals surface area contributed by atoms with Crippen molar-refractivity contribution in [3.8, 4) is 0 Å². The molecule has 1 aromatic rings. The normalized spacial score (nSPS) is 14.8. The van der Waals surface area contributed by atoms with Crippen molar-refractivity contribution in [1.29, 1.82) is 0 Å². The highest BCUT2D eigenvalue weighted by molar-refractivity contribution is 5.75. The van der Waals surface area contributed by atoms with E-state index in [-0.39, 0.29) is 6.03 Å². The van der Waals surface area contributed by atoms with E-state index in [1.165, 1.54) is 11.1 Å². The number of benzene rings is 1. The molecule has 1 aliphatic heterocycles.